The zero-order valence-electron chi connectivity index (χ0n) is 17.1. The molecule has 0 saturated heterocycles. The van der Waals surface area contributed by atoms with Gasteiger partial charge < -0.3 is 15.2 Å². The maximum Gasteiger partial charge on any atom is 0.335 e. The minimum Gasteiger partial charge on any atom is -0.478 e. The van der Waals surface area contributed by atoms with Gasteiger partial charge in [0.25, 0.3) is 0 Å². The van der Waals surface area contributed by atoms with Gasteiger partial charge in [-0.15, -0.1) is 0 Å². The Morgan fingerprint density at radius 3 is 2.42 bits per heavy atom. The number of anilines is 1. The first kappa shape index (κ1) is 19.1. The van der Waals surface area contributed by atoms with E-state index in [0.717, 1.165) is 46.5 Å². The Balaban J connectivity index is 1.51. The summed E-state index contributed by atoms with van der Waals surface area (Å²) in [6.45, 7) is 2.05. The van der Waals surface area contributed by atoms with Gasteiger partial charge in [0.1, 0.15) is 17.3 Å². The zero-order valence-corrected chi connectivity index (χ0v) is 17.1. The third-order valence-electron chi connectivity index (χ3n) is 5.79. The summed E-state index contributed by atoms with van der Waals surface area (Å²) in [5, 5.41) is 14.8. The number of hydrogen-bond acceptors (Lipinski definition) is 4. The number of aromatic nitrogens is 1. The predicted molar refractivity (Wildman–Crippen MR) is 121 cm³/mol. The fourth-order valence-electron chi connectivity index (χ4n) is 3.88. The van der Waals surface area contributed by atoms with Crippen molar-refractivity contribution in [3.8, 4) is 11.5 Å². The van der Waals surface area contributed by atoms with E-state index in [1.807, 2.05) is 67.6 Å². The van der Waals surface area contributed by atoms with Crippen LogP contribution < -0.4 is 10.1 Å². The molecule has 0 unspecified atom stereocenters. The average Bonchev–Trinajstić information content (AvgIpc) is 3.56. The first-order chi connectivity index (χ1) is 15.0. The number of carboxylic acid groups (broad SMARTS) is 1. The van der Waals surface area contributed by atoms with Crippen LogP contribution in [0.1, 0.15) is 34.3 Å². The molecule has 3 aromatic carbocycles. The van der Waals surface area contributed by atoms with Gasteiger partial charge in [-0.25, -0.2) is 9.78 Å². The Kier molecular flexibility index (Phi) is 4.59. The first-order valence-corrected chi connectivity index (χ1v) is 10.3. The van der Waals surface area contributed by atoms with Gasteiger partial charge in [0.2, 0.25) is 0 Å². The van der Waals surface area contributed by atoms with E-state index in [2.05, 4.69) is 10.3 Å². The maximum atomic E-state index is 11.2. The molecular formula is C26H22N2O3. The molecule has 0 radical (unpaired) electrons. The number of aromatic carboxylic acids is 1. The van der Waals surface area contributed by atoms with Crippen LogP contribution in [0.3, 0.4) is 0 Å². The van der Waals surface area contributed by atoms with Crippen molar-refractivity contribution in [2.24, 2.45) is 0 Å². The molecule has 4 aromatic rings. The largest absolute Gasteiger partial charge is 0.478 e. The summed E-state index contributed by atoms with van der Waals surface area (Å²) in [4.78, 5) is 15.8. The summed E-state index contributed by atoms with van der Waals surface area (Å²) in [6, 6.07) is 23.0. The lowest BCUT2D eigenvalue weighted by Crippen LogP contribution is -2.20. The summed E-state index contributed by atoms with van der Waals surface area (Å²) >= 11 is 0. The lowest BCUT2D eigenvalue weighted by atomic mass is 10.0. The van der Waals surface area contributed by atoms with Crippen LogP contribution >= 0.6 is 0 Å². The van der Waals surface area contributed by atoms with Crippen molar-refractivity contribution in [1.29, 1.82) is 0 Å². The number of aryl methyl sites for hydroxylation is 1. The smallest absolute Gasteiger partial charge is 0.335 e. The SMILES string of the molecule is Cc1ccc(Oc2cccc3ccnc(NC4(c5ccc(C(=O)O)cc5)CC4)c23)cc1. The standard InChI is InChI=1S/C26H22N2O3/c1-17-5-11-21(12-6-17)31-22-4-2-3-18-13-16-27-24(23(18)22)28-26(14-15-26)20-9-7-19(8-10-20)25(29)30/h2-13,16H,14-15H2,1H3,(H,27,28)(H,29,30). The van der Waals surface area contributed by atoms with E-state index in [0.29, 0.717) is 0 Å². The van der Waals surface area contributed by atoms with Crippen molar-refractivity contribution in [3.05, 3.63) is 95.7 Å². The highest BCUT2D eigenvalue weighted by Gasteiger charge is 2.45. The number of fused-ring (bicyclic) bond motifs is 1. The number of hydrogen-bond donors (Lipinski definition) is 2. The fourth-order valence-corrected chi connectivity index (χ4v) is 3.88. The molecule has 0 aliphatic heterocycles. The molecule has 154 valence electrons. The zero-order chi connectivity index (χ0) is 21.4. The van der Waals surface area contributed by atoms with Crippen LogP contribution in [0.15, 0.2) is 79.0 Å². The number of rotatable bonds is 6. The summed E-state index contributed by atoms with van der Waals surface area (Å²) in [6.07, 6.45) is 3.71. The van der Waals surface area contributed by atoms with E-state index in [1.54, 1.807) is 18.3 Å². The minimum atomic E-state index is -0.919. The molecule has 1 aliphatic carbocycles. The third-order valence-corrected chi connectivity index (χ3v) is 5.79. The summed E-state index contributed by atoms with van der Waals surface area (Å²) in [5.41, 5.74) is 2.29. The number of nitrogens with one attached hydrogen (secondary N) is 1. The molecule has 0 amide bonds. The van der Waals surface area contributed by atoms with Crippen LogP contribution in [0.25, 0.3) is 10.8 Å². The highest BCUT2D eigenvalue weighted by Crippen LogP contribution is 2.49. The van der Waals surface area contributed by atoms with Crippen molar-refractivity contribution in [1.82, 2.24) is 4.98 Å². The van der Waals surface area contributed by atoms with E-state index in [1.165, 1.54) is 5.56 Å². The highest BCUT2D eigenvalue weighted by molar-refractivity contribution is 5.97. The number of pyridine rings is 1. The number of nitrogens with zero attached hydrogens (tertiary/aromatic N) is 1. The topological polar surface area (TPSA) is 71.5 Å². The van der Waals surface area contributed by atoms with E-state index in [4.69, 9.17) is 4.74 Å². The van der Waals surface area contributed by atoms with Crippen LogP contribution in [-0.2, 0) is 5.54 Å². The lowest BCUT2D eigenvalue weighted by molar-refractivity contribution is 0.0697. The van der Waals surface area contributed by atoms with Gasteiger partial charge >= 0.3 is 5.97 Å². The van der Waals surface area contributed by atoms with Crippen molar-refractivity contribution < 1.29 is 14.6 Å². The molecule has 1 fully saturated rings. The minimum absolute atomic E-state index is 0.241. The van der Waals surface area contributed by atoms with Gasteiger partial charge in [-0.2, -0.15) is 0 Å². The molecule has 0 bridgehead atoms. The van der Waals surface area contributed by atoms with Gasteiger partial charge in [0.15, 0.2) is 0 Å². The van der Waals surface area contributed by atoms with Crippen LogP contribution in [-0.4, -0.2) is 16.1 Å². The molecule has 1 saturated carbocycles. The summed E-state index contributed by atoms with van der Waals surface area (Å²) < 4.78 is 6.22. The van der Waals surface area contributed by atoms with Crippen LogP contribution in [0.2, 0.25) is 0 Å². The molecule has 1 aliphatic rings. The second-order valence-corrected chi connectivity index (χ2v) is 8.02. The van der Waals surface area contributed by atoms with Gasteiger partial charge in [0, 0.05) is 6.20 Å². The summed E-state index contributed by atoms with van der Waals surface area (Å²) in [7, 11) is 0. The van der Waals surface area contributed by atoms with Crippen molar-refractivity contribution in [2.45, 2.75) is 25.3 Å². The number of benzene rings is 3. The van der Waals surface area contributed by atoms with Crippen molar-refractivity contribution in [2.75, 3.05) is 5.32 Å². The Labute approximate surface area is 180 Å². The van der Waals surface area contributed by atoms with Gasteiger partial charge in [0.05, 0.1) is 16.5 Å². The number of carboxylic acids is 1. The van der Waals surface area contributed by atoms with Crippen molar-refractivity contribution in [3.63, 3.8) is 0 Å². The molecular weight excluding hydrogens is 388 g/mol. The predicted octanol–water partition coefficient (Wildman–Crippen LogP) is 6.13. The van der Waals surface area contributed by atoms with E-state index < -0.39 is 5.97 Å². The lowest BCUT2D eigenvalue weighted by Gasteiger charge is -2.21. The molecule has 1 aromatic heterocycles. The average molecular weight is 410 g/mol. The maximum absolute atomic E-state index is 11.2. The van der Waals surface area contributed by atoms with Gasteiger partial charge in [-0.05, 0) is 67.1 Å². The molecule has 31 heavy (non-hydrogen) atoms. The molecule has 2 N–H and O–H groups in total. The molecule has 0 spiro atoms. The molecule has 1 heterocycles. The summed E-state index contributed by atoms with van der Waals surface area (Å²) in [5.74, 6) is 1.37. The molecule has 0 atom stereocenters. The monoisotopic (exact) mass is 410 g/mol. The van der Waals surface area contributed by atoms with E-state index in [9.17, 15) is 9.90 Å². The van der Waals surface area contributed by atoms with E-state index in [-0.39, 0.29) is 11.1 Å². The Hall–Kier alpha value is -3.86. The number of ether oxygens (including phenoxy) is 1. The second-order valence-electron chi connectivity index (χ2n) is 8.02. The van der Waals surface area contributed by atoms with Gasteiger partial charge in [-0.1, -0.05) is 42.0 Å². The van der Waals surface area contributed by atoms with Crippen LogP contribution in [0, 0.1) is 6.92 Å². The fraction of sp³-hybridized carbons (Fsp3) is 0.154. The van der Waals surface area contributed by atoms with Crippen molar-refractivity contribution >= 4 is 22.6 Å². The Bertz CT molecular complexity index is 1260. The highest BCUT2D eigenvalue weighted by atomic mass is 16.5. The van der Waals surface area contributed by atoms with E-state index >= 15 is 0 Å². The molecule has 5 rings (SSSR count). The Morgan fingerprint density at radius 1 is 1.00 bits per heavy atom. The molecule has 5 heteroatoms. The number of carbonyl (C=O) groups is 1. The normalized spacial score (nSPS) is 14.2. The molecule has 5 nitrogen and oxygen atoms in total. The first-order valence-electron chi connectivity index (χ1n) is 10.3. The van der Waals surface area contributed by atoms with Crippen LogP contribution in [0.5, 0.6) is 11.5 Å². The second kappa shape index (κ2) is 7.43. The van der Waals surface area contributed by atoms with Gasteiger partial charge in [-0.3, -0.25) is 0 Å². The third kappa shape index (κ3) is 3.70. The van der Waals surface area contributed by atoms with Crippen LogP contribution in [0.4, 0.5) is 5.82 Å². The Morgan fingerprint density at radius 2 is 1.74 bits per heavy atom. The quantitative estimate of drug-likeness (QED) is 0.400.